The van der Waals surface area contributed by atoms with Gasteiger partial charge in [-0.15, -0.1) is 0 Å². The summed E-state index contributed by atoms with van der Waals surface area (Å²) in [5.41, 5.74) is 0.526. The van der Waals surface area contributed by atoms with Crippen LogP contribution >= 0.6 is 22.6 Å². The van der Waals surface area contributed by atoms with Gasteiger partial charge in [-0.1, -0.05) is 12.1 Å². The van der Waals surface area contributed by atoms with Crippen LogP contribution in [-0.2, 0) is 9.47 Å². The van der Waals surface area contributed by atoms with Gasteiger partial charge in [-0.25, -0.2) is 14.4 Å². The summed E-state index contributed by atoms with van der Waals surface area (Å²) in [6.45, 7) is 0. The second-order valence-electron chi connectivity index (χ2n) is 4.60. The molecule has 0 aliphatic heterocycles. The number of carbonyl (C=O) groups excluding carboxylic acids is 3. The van der Waals surface area contributed by atoms with E-state index in [4.69, 9.17) is 4.74 Å². The lowest BCUT2D eigenvalue weighted by atomic mass is 10.1. The average Bonchev–Trinajstić information content (AvgIpc) is 2.60. The molecule has 0 saturated carbocycles. The van der Waals surface area contributed by atoms with Crippen LogP contribution in [0.4, 0.5) is 0 Å². The third kappa shape index (κ3) is 4.10. The molecular weight excluding hydrogens is 427 g/mol. The predicted molar refractivity (Wildman–Crippen MR) is 93.2 cm³/mol. The van der Waals surface area contributed by atoms with Gasteiger partial charge in [0.1, 0.15) is 5.75 Å². The standard InChI is InChI=1S/C17H13IO6/c1-22-15(19)10-7-11(16(20)23-2)9-12(8-10)24-17(21)13-5-3-4-6-14(13)18/h3-9H,1-2H3. The average molecular weight is 440 g/mol. The van der Waals surface area contributed by atoms with E-state index in [1.54, 1.807) is 24.3 Å². The molecule has 2 rings (SSSR count). The lowest BCUT2D eigenvalue weighted by molar-refractivity contribution is 0.0593. The maximum absolute atomic E-state index is 12.3. The Morgan fingerprint density at radius 1 is 0.833 bits per heavy atom. The van der Waals surface area contributed by atoms with Gasteiger partial charge in [0.05, 0.1) is 30.9 Å². The lowest BCUT2D eigenvalue weighted by Gasteiger charge is -2.09. The fourth-order valence-electron chi connectivity index (χ4n) is 1.92. The van der Waals surface area contributed by atoms with E-state index in [2.05, 4.69) is 9.47 Å². The van der Waals surface area contributed by atoms with E-state index in [1.165, 1.54) is 32.4 Å². The second-order valence-corrected chi connectivity index (χ2v) is 5.76. The van der Waals surface area contributed by atoms with Crippen LogP contribution < -0.4 is 4.74 Å². The van der Waals surface area contributed by atoms with Gasteiger partial charge < -0.3 is 14.2 Å². The number of hydrogen-bond donors (Lipinski definition) is 0. The number of esters is 3. The van der Waals surface area contributed by atoms with Gasteiger partial charge >= 0.3 is 17.9 Å². The summed E-state index contributed by atoms with van der Waals surface area (Å²) in [5.74, 6) is -1.87. The molecule has 0 aromatic heterocycles. The van der Waals surface area contributed by atoms with Crippen LogP contribution in [0.3, 0.4) is 0 Å². The summed E-state index contributed by atoms with van der Waals surface area (Å²) < 4.78 is 15.3. The van der Waals surface area contributed by atoms with Crippen molar-refractivity contribution >= 4 is 40.5 Å². The predicted octanol–water partition coefficient (Wildman–Crippen LogP) is 3.08. The summed E-state index contributed by atoms with van der Waals surface area (Å²) in [6.07, 6.45) is 0. The molecule has 0 aliphatic carbocycles. The number of carbonyl (C=O) groups is 3. The quantitative estimate of drug-likeness (QED) is 0.413. The molecule has 0 amide bonds. The Morgan fingerprint density at radius 3 is 1.88 bits per heavy atom. The number of ether oxygens (including phenoxy) is 3. The SMILES string of the molecule is COC(=O)c1cc(OC(=O)c2ccccc2I)cc(C(=O)OC)c1. The van der Waals surface area contributed by atoms with Gasteiger partial charge in [0.2, 0.25) is 0 Å². The first kappa shape index (κ1) is 17.9. The van der Waals surface area contributed by atoms with Crippen LogP contribution in [0.15, 0.2) is 42.5 Å². The van der Waals surface area contributed by atoms with Crippen LogP contribution in [0.1, 0.15) is 31.1 Å². The van der Waals surface area contributed by atoms with Crippen molar-refractivity contribution in [1.82, 2.24) is 0 Å². The van der Waals surface area contributed by atoms with Gasteiger partial charge in [0.15, 0.2) is 0 Å². The zero-order chi connectivity index (χ0) is 17.7. The molecule has 0 saturated heterocycles. The zero-order valence-corrected chi connectivity index (χ0v) is 15.0. The van der Waals surface area contributed by atoms with Crippen molar-refractivity contribution in [2.24, 2.45) is 0 Å². The van der Waals surface area contributed by atoms with Crippen molar-refractivity contribution in [2.45, 2.75) is 0 Å². The fraction of sp³-hybridized carbons (Fsp3) is 0.118. The molecule has 2 aromatic rings. The molecule has 124 valence electrons. The summed E-state index contributed by atoms with van der Waals surface area (Å²) in [4.78, 5) is 35.7. The van der Waals surface area contributed by atoms with Crippen molar-refractivity contribution in [3.63, 3.8) is 0 Å². The first-order valence-corrected chi connectivity index (χ1v) is 7.82. The van der Waals surface area contributed by atoms with E-state index < -0.39 is 17.9 Å². The van der Waals surface area contributed by atoms with Gasteiger partial charge in [-0.05, 0) is 52.9 Å². The van der Waals surface area contributed by atoms with Gasteiger partial charge in [-0.3, -0.25) is 0 Å². The van der Waals surface area contributed by atoms with Crippen LogP contribution in [0.5, 0.6) is 5.75 Å². The van der Waals surface area contributed by atoms with Crippen LogP contribution in [0.2, 0.25) is 0 Å². The third-order valence-electron chi connectivity index (χ3n) is 3.05. The normalized spacial score (nSPS) is 9.96. The third-order valence-corrected chi connectivity index (χ3v) is 3.99. The van der Waals surface area contributed by atoms with Crippen molar-refractivity contribution in [1.29, 1.82) is 0 Å². The van der Waals surface area contributed by atoms with Crippen LogP contribution in [0, 0.1) is 3.57 Å². The number of benzene rings is 2. The smallest absolute Gasteiger partial charge is 0.344 e. The highest BCUT2D eigenvalue weighted by molar-refractivity contribution is 14.1. The number of methoxy groups -OCH3 is 2. The Labute approximate surface area is 151 Å². The monoisotopic (exact) mass is 440 g/mol. The Balaban J connectivity index is 2.38. The van der Waals surface area contributed by atoms with E-state index in [9.17, 15) is 14.4 Å². The Kier molecular flexibility index (Phi) is 5.91. The fourth-order valence-corrected chi connectivity index (χ4v) is 2.53. The van der Waals surface area contributed by atoms with Crippen LogP contribution in [0.25, 0.3) is 0 Å². The van der Waals surface area contributed by atoms with Gasteiger partial charge in [0.25, 0.3) is 0 Å². The largest absolute Gasteiger partial charge is 0.465 e. The minimum Gasteiger partial charge on any atom is -0.465 e. The Bertz CT molecular complexity index is 765. The molecule has 0 atom stereocenters. The number of halogens is 1. The molecule has 2 aromatic carbocycles. The van der Waals surface area contributed by atoms with Gasteiger partial charge in [-0.2, -0.15) is 0 Å². The molecule has 0 aliphatic rings. The van der Waals surface area contributed by atoms with Crippen molar-refractivity contribution in [2.75, 3.05) is 14.2 Å². The Hall–Kier alpha value is -2.42. The number of rotatable bonds is 4. The Morgan fingerprint density at radius 2 is 1.38 bits per heavy atom. The van der Waals surface area contributed by atoms with E-state index in [0.717, 1.165) is 3.57 Å². The van der Waals surface area contributed by atoms with Crippen molar-refractivity contribution in [3.8, 4) is 5.75 Å². The summed E-state index contributed by atoms with van der Waals surface area (Å²) in [7, 11) is 2.43. The maximum atomic E-state index is 12.3. The molecule has 0 heterocycles. The van der Waals surface area contributed by atoms with Crippen LogP contribution in [-0.4, -0.2) is 32.1 Å². The number of hydrogen-bond acceptors (Lipinski definition) is 6. The maximum Gasteiger partial charge on any atom is 0.344 e. The summed E-state index contributed by atoms with van der Waals surface area (Å²) in [6, 6.07) is 10.9. The highest BCUT2D eigenvalue weighted by Crippen LogP contribution is 2.21. The highest BCUT2D eigenvalue weighted by Gasteiger charge is 2.17. The second kappa shape index (κ2) is 7.91. The molecular formula is C17H13IO6. The van der Waals surface area contributed by atoms with E-state index in [-0.39, 0.29) is 16.9 Å². The molecule has 0 fully saturated rings. The summed E-state index contributed by atoms with van der Waals surface area (Å²) >= 11 is 2.02. The lowest BCUT2D eigenvalue weighted by Crippen LogP contribution is -2.12. The van der Waals surface area contributed by atoms with E-state index in [0.29, 0.717) is 5.56 Å². The molecule has 6 nitrogen and oxygen atoms in total. The minimum absolute atomic E-state index is 0.0444. The van der Waals surface area contributed by atoms with Crippen molar-refractivity contribution in [3.05, 3.63) is 62.7 Å². The molecule has 24 heavy (non-hydrogen) atoms. The topological polar surface area (TPSA) is 78.9 Å². The first-order valence-electron chi connectivity index (χ1n) is 6.74. The summed E-state index contributed by atoms with van der Waals surface area (Å²) in [5, 5.41) is 0. The molecule has 0 unspecified atom stereocenters. The first-order chi connectivity index (χ1) is 11.5. The molecule has 0 spiro atoms. The highest BCUT2D eigenvalue weighted by atomic mass is 127. The van der Waals surface area contributed by atoms with Crippen molar-refractivity contribution < 1.29 is 28.6 Å². The zero-order valence-electron chi connectivity index (χ0n) is 12.9. The molecule has 0 radical (unpaired) electrons. The van der Waals surface area contributed by atoms with E-state index >= 15 is 0 Å². The minimum atomic E-state index is -0.660. The van der Waals surface area contributed by atoms with E-state index in [1.807, 2.05) is 22.6 Å². The molecule has 0 bridgehead atoms. The molecule has 7 heteroatoms. The van der Waals surface area contributed by atoms with Gasteiger partial charge in [0, 0.05) is 3.57 Å². The molecule has 0 N–H and O–H groups in total.